The van der Waals surface area contributed by atoms with Gasteiger partial charge in [-0.2, -0.15) is 0 Å². The van der Waals surface area contributed by atoms with Crippen molar-refractivity contribution < 1.29 is 14.6 Å². The summed E-state index contributed by atoms with van der Waals surface area (Å²) in [6, 6.07) is 22.6. The van der Waals surface area contributed by atoms with Gasteiger partial charge in [0.25, 0.3) is 5.91 Å². The Balaban J connectivity index is 1.51. The second kappa shape index (κ2) is 12.1. The van der Waals surface area contributed by atoms with Crippen molar-refractivity contribution in [2.75, 3.05) is 21.2 Å². The van der Waals surface area contributed by atoms with Crippen LogP contribution in [0.4, 0.5) is 0 Å². The fraction of sp³-hybridized carbons (Fsp3) is 0.344. The molecular weight excluding hydrogens is 528 g/mol. The number of aliphatic hydroxyl groups is 1. The highest BCUT2D eigenvalue weighted by Crippen LogP contribution is 2.38. The zero-order chi connectivity index (χ0) is 27.5. The average molecular weight is 563 g/mol. The lowest BCUT2D eigenvalue weighted by Crippen LogP contribution is -2.44. The Hall–Kier alpha value is -2.90. The van der Waals surface area contributed by atoms with Crippen LogP contribution < -0.4 is 4.74 Å². The molecule has 3 aromatic carbocycles. The molecule has 204 valence electrons. The maximum absolute atomic E-state index is 14.3. The summed E-state index contributed by atoms with van der Waals surface area (Å²) in [5.41, 5.74) is 3.92. The van der Waals surface area contributed by atoms with Gasteiger partial charge in [0.15, 0.2) is 0 Å². The van der Waals surface area contributed by atoms with Gasteiger partial charge in [-0.05, 0) is 74.7 Å². The van der Waals surface area contributed by atoms with E-state index in [0.29, 0.717) is 22.5 Å². The van der Waals surface area contributed by atoms with Crippen molar-refractivity contribution in [1.29, 1.82) is 0 Å². The number of fused-ring (bicyclic) bond motifs is 1. The van der Waals surface area contributed by atoms with Gasteiger partial charge in [0, 0.05) is 34.3 Å². The number of amides is 1. The molecule has 0 aliphatic heterocycles. The first-order valence-electron chi connectivity index (χ1n) is 13.4. The third-order valence-corrected chi connectivity index (χ3v) is 9.58. The van der Waals surface area contributed by atoms with Crippen molar-refractivity contribution in [3.63, 3.8) is 0 Å². The molecule has 0 atom stereocenters. The zero-order valence-corrected chi connectivity index (χ0v) is 24.3. The summed E-state index contributed by atoms with van der Waals surface area (Å²) >= 11 is 8.28. The van der Waals surface area contributed by atoms with Crippen LogP contribution in [0.25, 0.3) is 21.2 Å². The van der Waals surface area contributed by atoms with Crippen molar-refractivity contribution in [2.45, 2.75) is 50.9 Å². The molecule has 4 aromatic rings. The molecule has 1 aromatic heterocycles. The van der Waals surface area contributed by atoms with Crippen LogP contribution in [0, 0.1) is 0 Å². The van der Waals surface area contributed by atoms with Crippen LogP contribution >= 0.6 is 22.9 Å². The van der Waals surface area contributed by atoms with Gasteiger partial charge in [0.1, 0.15) is 10.6 Å². The summed E-state index contributed by atoms with van der Waals surface area (Å²) in [7, 11) is 5.94. The van der Waals surface area contributed by atoms with E-state index < -0.39 is 0 Å². The van der Waals surface area contributed by atoms with Crippen LogP contribution in [-0.2, 0) is 13.2 Å². The first-order chi connectivity index (χ1) is 18.9. The van der Waals surface area contributed by atoms with Gasteiger partial charge < -0.3 is 19.6 Å². The molecule has 5 rings (SSSR count). The maximum atomic E-state index is 14.3. The number of methoxy groups -OCH3 is 1. The number of nitrogens with zero attached hydrogens (tertiary/aromatic N) is 2. The van der Waals surface area contributed by atoms with E-state index in [9.17, 15) is 9.90 Å². The van der Waals surface area contributed by atoms with Crippen LogP contribution in [0.3, 0.4) is 0 Å². The van der Waals surface area contributed by atoms with Crippen molar-refractivity contribution >= 4 is 38.9 Å². The summed E-state index contributed by atoms with van der Waals surface area (Å²) in [6.45, 7) is 0.452. The number of aliphatic hydroxyl groups excluding tert-OH is 1. The standard InChI is InChI=1S/C32H35ClN2O3S/c1-34(2)25-13-15-26(16-14-25)35(32(37)31-30(33)27-6-4-5-7-29(27)39-31)19-24-18-23(12-17-28(24)38-3)22-10-8-21(20-36)9-11-22/h4-12,17-18,25-26,36H,13-16,19-20H2,1-3H3/t25-,26-. The molecule has 1 aliphatic rings. The van der Waals surface area contributed by atoms with Crippen LogP contribution in [0.1, 0.15) is 46.5 Å². The molecule has 1 heterocycles. The largest absolute Gasteiger partial charge is 0.496 e. The van der Waals surface area contributed by atoms with Crippen LogP contribution in [0.5, 0.6) is 5.75 Å². The van der Waals surface area contributed by atoms with E-state index in [1.807, 2.05) is 65.6 Å². The highest BCUT2D eigenvalue weighted by molar-refractivity contribution is 7.21. The second-order valence-electron chi connectivity index (χ2n) is 10.5. The molecule has 0 bridgehead atoms. The van der Waals surface area contributed by atoms with Crippen molar-refractivity contribution in [3.05, 3.63) is 87.8 Å². The molecule has 5 nitrogen and oxygen atoms in total. The minimum Gasteiger partial charge on any atom is -0.496 e. The Bertz CT molecular complexity index is 1440. The molecular formula is C32H35ClN2O3S. The summed E-state index contributed by atoms with van der Waals surface area (Å²) in [6.07, 6.45) is 4.00. The van der Waals surface area contributed by atoms with E-state index in [2.05, 4.69) is 25.1 Å². The Morgan fingerprint density at radius 1 is 0.974 bits per heavy atom. The molecule has 0 radical (unpaired) electrons. The predicted octanol–water partition coefficient (Wildman–Crippen LogP) is 7.24. The molecule has 0 spiro atoms. The molecule has 1 aliphatic carbocycles. The van der Waals surface area contributed by atoms with E-state index in [0.717, 1.165) is 63.8 Å². The van der Waals surface area contributed by atoms with E-state index in [4.69, 9.17) is 16.3 Å². The van der Waals surface area contributed by atoms with Crippen molar-refractivity contribution in [1.82, 2.24) is 9.80 Å². The highest BCUT2D eigenvalue weighted by Gasteiger charge is 2.33. The van der Waals surface area contributed by atoms with Crippen LogP contribution in [-0.4, -0.2) is 54.1 Å². The first kappa shape index (κ1) is 27.7. The van der Waals surface area contributed by atoms with Crippen molar-refractivity contribution in [3.8, 4) is 16.9 Å². The molecule has 0 unspecified atom stereocenters. The summed E-state index contributed by atoms with van der Waals surface area (Å²) < 4.78 is 6.79. The molecule has 1 fully saturated rings. The first-order valence-corrected chi connectivity index (χ1v) is 14.6. The van der Waals surface area contributed by atoms with Gasteiger partial charge >= 0.3 is 0 Å². The van der Waals surface area contributed by atoms with Gasteiger partial charge in [-0.25, -0.2) is 0 Å². The van der Waals surface area contributed by atoms with Crippen LogP contribution in [0.15, 0.2) is 66.7 Å². The van der Waals surface area contributed by atoms with E-state index in [-0.39, 0.29) is 18.6 Å². The number of rotatable bonds is 8. The van der Waals surface area contributed by atoms with Gasteiger partial charge in [0.2, 0.25) is 0 Å². The lowest BCUT2D eigenvalue weighted by molar-refractivity contribution is 0.0573. The fourth-order valence-corrected chi connectivity index (χ4v) is 7.07. The minimum atomic E-state index is -0.0192. The number of hydrogen-bond donors (Lipinski definition) is 1. The molecule has 1 saturated carbocycles. The number of benzene rings is 3. The molecule has 0 saturated heterocycles. The normalized spacial score (nSPS) is 17.5. The second-order valence-corrected chi connectivity index (χ2v) is 11.9. The molecule has 39 heavy (non-hydrogen) atoms. The third-order valence-electron chi connectivity index (χ3n) is 7.92. The topological polar surface area (TPSA) is 53.0 Å². The van der Waals surface area contributed by atoms with E-state index in [1.165, 1.54) is 11.3 Å². The monoisotopic (exact) mass is 562 g/mol. The van der Waals surface area contributed by atoms with Crippen molar-refractivity contribution in [2.24, 2.45) is 0 Å². The minimum absolute atomic E-state index is 0.0154. The Kier molecular flexibility index (Phi) is 8.57. The smallest absolute Gasteiger partial charge is 0.266 e. The zero-order valence-electron chi connectivity index (χ0n) is 22.7. The molecule has 1 amide bonds. The van der Waals surface area contributed by atoms with Crippen LogP contribution in [0.2, 0.25) is 5.02 Å². The number of carbonyl (C=O) groups is 1. The lowest BCUT2D eigenvalue weighted by Gasteiger charge is -2.39. The number of carbonyl (C=O) groups excluding carboxylic acids is 1. The Morgan fingerprint density at radius 2 is 1.64 bits per heavy atom. The SMILES string of the molecule is COc1ccc(-c2ccc(CO)cc2)cc1CN(C(=O)c1sc2ccccc2c1Cl)[C@H]1CC[C@H](N(C)C)CC1. The number of halogens is 1. The van der Waals surface area contributed by atoms with E-state index in [1.54, 1.807) is 7.11 Å². The van der Waals surface area contributed by atoms with Gasteiger partial charge in [-0.15, -0.1) is 11.3 Å². The average Bonchev–Trinajstić information content (AvgIpc) is 3.32. The number of thiophene rings is 1. The fourth-order valence-electron chi connectivity index (χ4n) is 5.60. The van der Waals surface area contributed by atoms with E-state index >= 15 is 0 Å². The quantitative estimate of drug-likeness (QED) is 0.246. The molecule has 7 heteroatoms. The summed E-state index contributed by atoms with van der Waals surface area (Å²) in [4.78, 5) is 19.2. The van der Waals surface area contributed by atoms with Gasteiger partial charge in [-0.1, -0.05) is 60.1 Å². The van der Waals surface area contributed by atoms with Gasteiger partial charge in [-0.3, -0.25) is 4.79 Å². The highest BCUT2D eigenvalue weighted by atomic mass is 35.5. The Labute approximate surface area is 239 Å². The predicted molar refractivity (Wildman–Crippen MR) is 161 cm³/mol. The number of ether oxygens (including phenoxy) is 1. The summed E-state index contributed by atoms with van der Waals surface area (Å²) in [5, 5.41) is 10.9. The molecule has 1 N–H and O–H groups in total. The summed E-state index contributed by atoms with van der Waals surface area (Å²) in [5.74, 6) is 0.738. The van der Waals surface area contributed by atoms with Gasteiger partial charge in [0.05, 0.1) is 18.7 Å². The Morgan fingerprint density at radius 3 is 2.28 bits per heavy atom. The lowest BCUT2D eigenvalue weighted by atomic mass is 9.89. The number of hydrogen-bond acceptors (Lipinski definition) is 5. The maximum Gasteiger partial charge on any atom is 0.266 e. The third kappa shape index (κ3) is 5.85.